The number of benzene rings is 1. The summed E-state index contributed by atoms with van der Waals surface area (Å²) in [6.45, 7) is 4.37. The Labute approximate surface area is 137 Å². The number of carbonyl (C=O) groups is 1. The second-order valence-corrected chi connectivity index (χ2v) is 7.10. The van der Waals surface area contributed by atoms with Crippen molar-refractivity contribution in [1.29, 1.82) is 0 Å². The number of sulfonamides is 1. The molecule has 1 amide bonds. The second-order valence-electron chi connectivity index (χ2n) is 5.39. The lowest BCUT2D eigenvalue weighted by atomic mass is 10.2. The van der Waals surface area contributed by atoms with Crippen LogP contribution in [0.4, 0.5) is 4.39 Å². The van der Waals surface area contributed by atoms with Crippen LogP contribution in [0.3, 0.4) is 0 Å². The Morgan fingerprint density at radius 3 is 2.35 bits per heavy atom. The second kappa shape index (κ2) is 9.62. The lowest BCUT2D eigenvalue weighted by Gasteiger charge is -2.17. The van der Waals surface area contributed by atoms with Gasteiger partial charge in [-0.25, -0.2) is 12.8 Å². The molecule has 1 atom stereocenters. The maximum absolute atomic E-state index is 12.9. The summed E-state index contributed by atoms with van der Waals surface area (Å²) >= 11 is 0. The minimum atomic E-state index is -3.85. The van der Waals surface area contributed by atoms with E-state index in [1.165, 1.54) is 12.1 Å². The van der Waals surface area contributed by atoms with E-state index in [-0.39, 0.29) is 10.8 Å². The lowest BCUT2D eigenvalue weighted by molar-refractivity contribution is -0.122. The van der Waals surface area contributed by atoms with Gasteiger partial charge in [0, 0.05) is 6.54 Å². The molecule has 0 heterocycles. The number of rotatable bonds is 10. The van der Waals surface area contributed by atoms with Crippen molar-refractivity contribution in [3.05, 3.63) is 30.1 Å². The summed E-state index contributed by atoms with van der Waals surface area (Å²) in [4.78, 5) is 12.0. The van der Waals surface area contributed by atoms with Crippen LogP contribution in [0.2, 0.25) is 0 Å². The van der Waals surface area contributed by atoms with Crippen molar-refractivity contribution in [2.24, 2.45) is 0 Å². The van der Waals surface area contributed by atoms with Crippen LogP contribution in [-0.4, -0.2) is 26.9 Å². The van der Waals surface area contributed by atoms with Crippen LogP contribution in [0.5, 0.6) is 0 Å². The molecule has 23 heavy (non-hydrogen) atoms. The van der Waals surface area contributed by atoms with Crippen LogP contribution in [0.15, 0.2) is 29.2 Å². The fraction of sp³-hybridized carbons (Fsp3) is 0.562. The van der Waals surface area contributed by atoms with Crippen molar-refractivity contribution in [2.45, 2.75) is 56.9 Å². The van der Waals surface area contributed by atoms with Crippen molar-refractivity contribution in [2.75, 3.05) is 6.54 Å². The summed E-state index contributed by atoms with van der Waals surface area (Å²) in [6.07, 6.45) is 4.48. The third-order valence-corrected chi connectivity index (χ3v) is 4.96. The van der Waals surface area contributed by atoms with Gasteiger partial charge in [-0.3, -0.25) is 4.79 Å². The van der Waals surface area contributed by atoms with E-state index in [9.17, 15) is 17.6 Å². The summed E-state index contributed by atoms with van der Waals surface area (Å²) in [5, 5.41) is 2.75. The predicted octanol–water partition coefficient (Wildman–Crippen LogP) is 2.58. The first kappa shape index (κ1) is 19.6. The molecule has 7 heteroatoms. The molecule has 0 spiro atoms. The third-order valence-electron chi connectivity index (χ3n) is 3.48. The Kier molecular flexibility index (Phi) is 8.19. The maximum Gasteiger partial charge on any atom is 0.241 e. The molecular formula is C16H25FN2O3S. The number of carbonyl (C=O) groups excluding carboxylic acids is 1. The van der Waals surface area contributed by atoms with Crippen molar-refractivity contribution in [3.8, 4) is 0 Å². The van der Waals surface area contributed by atoms with Crippen molar-refractivity contribution in [3.63, 3.8) is 0 Å². The van der Waals surface area contributed by atoms with Crippen LogP contribution >= 0.6 is 0 Å². The van der Waals surface area contributed by atoms with Crippen molar-refractivity contribution in [1.82, 2.24) is 10.0 Å². The van der Waals surface area contributed by atoms with Gasteiger partial charge in [0.1, 0.15) is 11.9 Å². The molecule has 0 aliphatic rings. The number of hydrogen-bond acceptors (Lipinski definition) is 3. The highest BCUT2D eigenvalue weighted by Gasteiger charge is 2.24. The standard InChI is InChI=1S/C16H25FN2O3S/c1-3-5-6-7-12-18-16(20)15(4-2)19-23(21,22)14-10-8-13(17)9-11-14/h8-11,15,19H,3-7,12H2,1-2H3,(H,18,20). The molecule has 0 saturated carbocycles. The van der Waals surface area contributed by atoms with Gasteiger partial charge in [-0.2, -0.15) is 4.72 Å². The van der Waals surface area contributed by atoms with Gasteiger partial charge in [0.2, 0.25) is 15.9 Å². The molecule has 1 aromatic carbocycles. The molecule has 2 N–H and O–H groups in total. The maximum atomic E-state index is 12.9. The van der Waals surface area contributed by atoms with Gasteiger partial charge >= 0.3 is 0 Å². The van der Waals surface area contributed by atoms with Gasteiger partial charge in [0.25, 0.3) is 0 Å². The first-order valence-electron chi connectivity index (χ1n) is 7.96. The van der Waals surface area contributed by atoms with E-state index in [1.807, 2.05) is 0 Å². The number of nitrogens with one attached hydrogen (secondary N) is 2. The molecule has 130 valence electrons. The number of halogens is 1. The third kappa shape index (κ3) is 6.66. The quantitative estimate of drug-likeness (QED) is 0.641. The van der Waals surface area contributed by atoms with E-state index < -0.39 is 21.9 Å². The van der Waals surface area contributed by atoms with Gasteiger partial charge in [-0.05, 0) is 37.1 Å². The minimum Gasteiger partial charge on any atom is -0.355 e. The summed E-state index contributed by atoms with van der Waals surface area (Å²) in [5.74, 6) is -0.851. The van der Waals surface area contributed by atoms with Gasteiger partial charge in [0.15, 0.2) is 0 Å². The molecular weight excluding hydrogens is 319 g/mol. The molecule has 0 radical (unpaired) electrons. The summed E-state index contributed by atoms with van der Waals surface area (Å²) in [6, 6.07) is 3.66. The molecule has 0 saturated heterocycles. The zero-order chi connectivity index (χ0) is 17.3. The van der Waals surface area contributed by atoms with Crippen molar-refractivity contribution >= 4 is 15.9 Å². The first-order valence-corrected chi connectivity index (χ1v) is 9.44. The first-order chi connectivity index (χ1) is 10.9. The highest BCUT2D eigenvalue weighted by Crippen LogP contribution is 2.11. The molecule has 0 fully saturated rings. The van der Waals surface area contributed by atoms with Crippen LogP contribution in [-0.2, 0) is 14.8 Å². The Morgan fingerprint density at radius 1 is 1.13 bits per heavy atom. The fourth-order valence-corrected chi connectivity index (χ4v) is 3.36. The van der Waals surface area contributed by atoms with Gasteiger partial charge in [0.05, 0.1) is 4.90 Å². The van der Waals surface area contributed by atoms with Crippen LogP contribution in [0.1, 0.15) is 46.0 Å². The molecule has 0 aromatic heterocycles. The molecule has 0 bridgehead atoms. The Hall–Kier alpha value is -1.47. The average Bonchev–Trinajstić information content (AvgIpc) is 2.52. The van der Waals surface area contributed by atoms with E-state index in [2.05, 4.69) is 17.0 Å². The Bertz CT molecular complexity index is 588. The van der Waals surface area contributed by atoms with Gasteiger partial charge in [-0.1, -0.05) is 33.1 Å². The van der Waals surface area contributed by atoms with Crippen LogP contribution in [0.25, 0.3) is 0 Å². The van der Waals surface area contributed by atoms with Gasteiger partial charge in [-0.15, -0.1) is 0 Å². The van der Waals surface area contributed by atoms with E-state index in [1.54, 1.807) is 6.92 Å². The van der Waals surface area contributed by atoms with E-state index >= 15 is 0 Å². The number of amides is 1. The Morgan fingerprint density at radius 2 is 1.78 bits per heavy atom. The fourth-order valence-electron chi connectivity index (χ4n) is 2.08. The zero-order valence-electron chi connectivity index (χ0n) is 13.6. The van der Waals surface area contributed by atoms with E-state index in [4.69, 9.17) is 0 Å². The Balaban J connectivity index is 2.60. The van der Waals surface area contributed by atoms with Crippen LogP contribution in [0, 0.1) is 5.82 Å². The van der Waals surface area contributed by atoms with Crippen LogP contribution < -0.4 is 10.0 Å². The predicted molar refractivity (Wildman–Crippen MR) is 88.0 cm³/mol. The summed E-state index contributed by atoms with van der Waals surface area (Å²) in [7, 11) is -3.85. The minimum absolute atomic E-state index is 0.0619. The summed E-state index contributed by atoms with van der Waals surface area (Å²) in [5.41, 5.74) is 0. The molecule has 5 nitrogen and oxygen atoms in total. The highest BCUT2D eigenvalue weighted by molar-refractivity contribution is 7.89. The van der Waals surface area contributed by atoms with Crippen molar-refractivity contribution < 1.29 is 17.6 Å². The number of hydrogen-bond donors (Lipinski definition) is 2. The molecule has 1 rings (SSSR count). The monoisotopic (exact) mass is 344 g/mol. The SMILES string of the molecule is CCCCCCNC(=O)C(CC)NS(=O)(=O)c1ccc(F)cc1. The van der Waals surface area contributed by atoms with Gasteiger partial charge < -0.3 is 5.32 Å². The largest absolute Gasteiger partial charge is 0.355 e. The normalized spacial score (nSPS) is 12.8. The smallest absolute Gasteiger partial charge is 0.241 e. The van der Waals surface area contributed by atoms with E-state index in [0.717, 1.165) is 37.8 Å². The zero-order valence-corrected chi connectivity index (χ0v) is 14.5. The average molecular weight is 344 g/mol. The number of unbranched alkanes of at least 4 members (excludes halogenated alkanes) is 3. The van der Waals surface area contributed by atoms with E-state index in [0.29, 0.717) is 13.0 Å². The highest BCUT2D eigenvalue weighted by atomic mass is 32.2. The summed E-state index contributed by atoms with van der Waals surface area (Å²) < 4.78 is 39.7. The molecule has 0 aliphatic carbocycles. The topological polar surface area (TPSA) is 75.3 Å². The molecule has 1 unspecified atom stereocenters. The lowest BCUT2D eigenvalue weighted by Crippen LogP contribution is -2.46. The molecule has 1 aromatic rings. The molecule has 0 aliphatic heterocycles.